The lowest BCUT2D eigenvalue weighted by Crippen LogP contribution is -2.36. The van der Waals surface area contributed by atoms with Gasteiger partial charge < -0.3 is 5.32 Å². The summed E-state index contributed by atoms with van der Waals surface area (Å²) in [7, 11) is 0. The minimum absolute atomic E-state index is 0.0943. The van der Waals surface area contributed by atoms with Gasteiger partial charge in [-0.05, 0) is 40.7 Å². The van der Waals surface area contributed by atoms with Gasteiger partial charge in [-0.25, -0.2) is 0 Å². The van der Waals surface area contributed by atoms with Crippen LogP contribution in [0.2, 0.25) is 0 Å². The van der Waals surface area contributed by atoms with Crippen molar-refractivity contribution < 1.29 is 14.6 Å². The van der Waals surface area contributed by atoms with Crippen LogP contribution in [0.4, 0.5) is 11.4 Å². The van der Waals surface area contributed by atoms with Crippen LogP contribution in [-0.2, 0) is 6.42 Å². The molecule has 0 aliphatic heterocycles. The van der Waals surface area contributed by atoms with E-state index in [0.717, 1.165) is 53.8 Å². The van der Waals surface area contributed by atoms with Crippen molar-refractivity contribution in [3.05, 3.63) is 91.5 Å². The molecular weight excluding hydrogens is 398 g/mol. The van der Waals surface area contributed by atoms with Gasteiger partial charge in [-0.2, -0.15) is 0 Å². The molecule has 8 nitrogen and oxygen atoms in total. The van der Waals surface area contributed by atoms with E-state index in [0.29, 0.717) is 0 Å². The maximum Gasteiger partial charge on any atom is 0.277 e. The fourth-order valence-corrected chi connectivity index (χ4v) is 4.46. The highest BCUT2D eigenvalue weighted by molar-refractivity contribution is 5.96. The number of nitrogens with zero attached hydrogens (tertiary/aromatic N) is 2. The zero-order chi connectivity index (χ0) is 22.1. The van der Waals surface area contributed by atoms with Gasteiger partial charge in [-0.15, -0.1) is 0 Å². The summed E-state index contributed by atoms with van der Waals surface area (Å²) in [6.45, 7) is 2.07. The number of rotatable bonds is 5. The number of carbonyl (C=O) groups is 1. The number of aryl methyl sites for hydroxylation is 1. The van der Waals surface area contributed by atoms with Gasteiger partial charge in [0.15, 0.2) is 0 Å². The van der Waals surface area contributed by atoms with Crippen molar-refractivity contribution >= 4 is 28.1 Å². The quantitative estimate of drug-likeness (QED) is 0.456. The van der Waals surface area contributed by atoms with Gasteiger partial charge in [0, 0.05) is 12.1 Å². The normalized spacial score (nSPS) is 17.7. The van der Waals surface area contributed by atoms with Crippen LogP contribution < -0.4 is 5.32 Å². The van der Waals surface area contributed by atoms with Gasteiger partial charge in [0.05, 0.1) is 27.5 Å². The summed E-state index contributed by atoms with van der Waals surface area (Å²) >= 11 is 0. The van der Waals surface area contributed by atoms with E-state index < -0.39 is 27.1 Å². The molecule has 0 saturated carbocycles. The fraction of sp³-hybridized carbons (Fsp3) is 0.261. The first-order valence-corrected chi connectivity index (χ1v) is 10.1. The molecule has 0 radical (unpaired) electrons. The van der Waals surface area contributed by atoms with Crippen molar-refractivity contribution in [2.45, 2.75) is 32.2 Å². The molecule has 3 aromatic rings. The maximum atomic E-state index is 13.1. The molecule has 158 valence electrons. The van der Waals surface area contributed by atoms with E-state index in [1.807, 2.05) is 24.3 Å². The van der Waals surface area contributed by atoms with Crippen LogP contribution in [-0.4, -0.2) is 15.8 Å². The zero-order valence-electron chi connectivity index (χ0n) is 16.9. The zero-order valence-corrected chi connectivity index (χ0v) is 16.9. The molecule has 0 bridgehead atoms. The number of non-ortho nitro benzene ring substituents is 2. The Morgan fingerprint density at radius 1 is 1.03 bits per heavy atom. The summed E-state index contributed by atoms with van der Waals surface area (Å²) < 4.78 is 0. The Morgan fingerprint density at radius 3 is 2.35 bits per heavy atom. The molecular formula is C23H21N3O5. The maximum absolute atomic E-state index is 13.1. The van der Waals surface area contributed by atoms with Crippen molar-refractivity contribution in [1.82, 2.24) is 5.32 Å². The predicted octanol–water partition coefficient (Wildman–Crippen LogP) is 5.10. The first kappa shape index (κ1) is 20.5. The molecule has 31 heavy (non-hydrogen) atoms. The smallest absolute Gasteiger partial charge is 0.277 e. The Bertz CT molecular complexity index is 1170. The Morgan fingerprint density at radius 2 is 1.71 bits per heavy atom. The van der Waals surface area contributed by atoms with Gasteiger partial charge in [0.25, 0.3) is 17.3 Å². The fourth-order valence-electron chi connectivity index (χ4n) is 4.46. The van der Waals surface area contributed by atoms with Crippen molar-refractivity contribution in [3.63, 3.8) is 0 Å². The first-order chi connectivity index (χ1) is 14.9. The summed E-state index contributed by atoms with van der Waals surface area (Å²) in [6.07, 6.45) is 2.66. The standard InChI is InChI=1S/C23H21N3O5/c1-2-14-7-9-16-10-8-15-5-3-4-6-20(15)21(16)22(14)24-23(27)17-11-18(25(28)29)13-19(12-17)26(30)31/h3-6,8,10-14,22H,2,7,9H2,1H3,(H,24,27)/t14-,22-/m0/s1. The lowest BCUT2D eigenvalue weighted by Gasteiger charge is -2.35. The number of hydrogen-bond acceptors (Lipinski definition) is 5. The number of amides is 1. The number of carbonyl (C=O) groups excluding carboxylic acids is 1. The third-order valence-electron chi connectivity index (χ3n) is 6.03. The van der Waals surface area contributed by atoms with E-state index in [1.54, 1.807) is 0 Å². The number of benzene rings is 3. The second-order valence-corrected chi connectivity index (χ2v) is 7.77. The second kappa shape index (κ2) is 8.14. The number of hydrogen-bond donors (Lipinski definition) is 1. The van der Waals surface area contributed by atoms with E-state index in [2.05, 4.69) is 24.4 Å². The van der Waals surface area contributed by atoms with Crippen LogP contribution in [0.15, 0.2) is 54.6 Å². The van der Waals surface area contributed by atoms with Gasteiger partial charge in [-0.3, -0.25) is 25.0 Å². The molecule has 1 aliphatic carbocycles. The summed E-state index contributed by atoms with van der Waals surface area (Å²) in [4.78, 5) is 34.0. The SMILES string of the molecule is CC[C@H]1CCc2ccc3ccccc3c2[C@H]1NC(=O)c1cc([N+](=O)[O-])cc([N+](=O)[O-])c1. The minimum Gasteiger partial charge on any atom is -0.345 e. The molecule has 0 saturated heterocycles. The summed E-state index contributed by atoms with van der Waals surface area (Å²) in [6, 6.07) is 14.9. The van der Waals surface area contributed by atoms with E-state index in [1.165, 1.54) is 5.56 Å². The van der Waals surface area contributed by atoms with Gasteiger partial charge in [0.1, 0.15) is 0 Å². The highest BCUT2D eigenvalue weighted by Crippen LogP contribution is 2.40. The molecule has 3 aromatic carbocycles. The highest BCUT2D eigenvalue weighted by atomic mass is 16.6. The van der Waals surface area contributed by atoms with Gasteiger partial charge in [-0.1, -0.05) is 49.7 Å². The number of nitro benzene ring substituents is 2. The van der Waals surface area contributed by atoms with Crippen LogP contribution in [0.5, 0.6) is 0 Å². The summed E-state index contributed by atoms with van der Waals surface area (Å²) in [5, 5.41) is 27.6. The summed E-state index contributed by atoms with van der Waals surface area (Å²) in [5.74, 6) is -0.369. The molecule has 4 rings (SSSR count). The number of nitro groups is 2. The van der Waals surface area contributed by atoms with Crippen molar-refractivity contribution in [2.24, 2.45) is 5.92 Å². The van der Waals surface area contributed by atoms with Crippen molar-refractivity contribution in [2.75, 3.05) is 0 Å². The summed E-state index contributed by atoms with van der Waals surface area (Å²) in [5.41, 5.74) is 1.16. The monoisotopic (exact) mass is 419 g/mol. The molecule has 1 aliphatic rings. The molecule has 0 unspecified atom stereocenters. The average molecular weight is 419 g/mol. The third kappa shape index (κ3) is 3.84. The lowest BCUT2D eigenvalue weighted by molar-refractivity contribution is -0.394. The van der Waals surface area contributed by atoms with Gasteiger partial charge in [0.2, 0.25) is 0 Å². The largest absolute Gasteiger partial charge is 0.345 e. The number of nitrogens with one attached hydrogen (secondary N) is 1. The topological polar surface area (TPSA) is 115 Å². The van der Waals surface area contributed by atoms with Crippen LogP contribution in [0, 0.1) is 26.1 Å². The lowest BCUT2D eigenvalue weighted by atomic mass is 9.76. The molecule has 2 atom stereocenters. The average Bonchev–Trinajstić information content (AvgIpc) is 2.78. The second-order valence-electron chi connectivity index (χ2n) is 7.77. The molecule has 8 heteroatoms. The predicted molar refractivity (Wildman–Crippen MR) is 116 cm³/mol. The minimum atomic E-state index is -0.734. The van der Waals surface area contributed by atoms with Crippen molar-refractivity contribution in [3.8, 4) is 0 Å². The molecule has 0 fully saturated rings. The van der Waals surface area contributed by atoms with Crippen LogP contribution in [0.1, 0.15) is 47.3 Å². The molecule has 1 amide bonds. The van der Waals surface area contributed by atoms with Crippen LogP contribution in [0.25, 0.3) is 10.8 Å². The molecule has 0 spiro atoms. The Labute approximate surface area is 178 Å². The van der Waals surface area contributed by atoms with E-state index in [-0.39, 0.29) is 17.5 Å². The van der Waals surface area contributed by atoms with Crippen molar-refractivity contribution in [1.29, 1.82) is 0 Å². The third-order valence-corrected chi connectivity index (χ3v) is 6.03. The number of fused-ring (bicyclic) bond motifs is 3. The first-order valence-electron chi connectivity index (χ1n) is 10.1. The molecule has 0 heterocycles. The Kier molecular flexibility index (Phi) is 5.37. The Hall–Kier alpha value is -3.81. The van der Waals surface area contributed by atoms with E-state index in [4.69, 9.17) is 0 Å². The molecule has 0 aromatic heterocycles. The van der Waals surface area contributed by atoms with Crippen LogP contribution >= 0.6 is 0 Å². The van der Waals surface area contributed by atoms with Gasteiger partial charge >= 0.3 is 0 Å². The Balaban J connectivity index is 1.77. The molecule has 1 N–H and O–H groups in total. The van der Waals surface area contributed by atoms with E-state index in [9.17, 15) is 25.0 Å². The van der Waals surface area contributed by atoms with E-state index >= 15 is 0 Å². The highest BCUT2D eigenvalue weighted by Gasteiger charge is 2.32. The van der Waals surface area contributed by atoms with Crippen LogP contribution in [0.3, 0.4) is 0 Å².